The average molecular weight is 367 g/mol. The number of aromatic nitrogens is 3. The molecule has 1 aliphatic rings. The molecule has 132 valence electrons. The predicted molar refractivity (Wildman–Crippen MR) is 101 cm³/mol. The Balaban J connectivity index is 1.49. The Hall–Kier alpha value is -2.66. The summed E-state index contributed by atoms with van der Waals surface area (Å²) in [6.45, 7) is 1.37. The van der Waals surface area contributed by atoms with E-state index in [2.05, 4.69) is 15.2 Å². The first kappa shape index (κ1) is 16.8. The number of amides is 1. The lowest BCUT2D eigenvalue weighted by atomic mass is 10.0. The van der Waals surface area contributed by atoms with Crippen LogP contribution in [0.2, 0.25) is 5.02 Å². The van der Waals surface area contributed by atoms with Crippen molar-refractivity contribution < 1.29 is 4.79 Å². The summed E-state index contributed by atoms with van der Waals surface area (Å²) in [5.41, 5.74) is 5.11. The highest BCUT2D eigenvalue weighted by atomic mass is 35.5. The minimum Gasteiger partial charge on any atom is -0.342 e. The van der Waals surface area contributed by atoms with Gasteiger partial charge in [-0.3, -0.25) is 14.9 Å². The van der Waals surface area contributed by atoms with Gasteiger partial charge in [-0.15, -0.1) is 0 Å². The molecular formula is C20H19ClN4O. The molecule has 3 aromatic rings. The molecule has 3 heterocycles. The van der Waals surface area contributed by atoms with E-state index in [-0.39, 0.29) is 5.91 Å². The normalized spacial score (nSPS) is 14.0. The van der Waals surface area contributed by atoms with Gasteiger partial charge in [0.25, 0.3) is 0 Å². The Morgan fingerprint density at radius 2 is 2.00 bits per heavy atom. The largest absolute Gasteiger partial charge is 0.342 e. The number of pyridine rings is 1. The zero-order valence-electron chi connectivity index (χ0n) is 14.3. The number of benzene rings is 1. The first-order chi connectivity index (χ1) is 12.7. The highest BCUT2D eigenvalue weighted by Gasteiger charge is 2.23. The zero-order valence-corrected chi connectivity index (χ0v) is 15.0. The van der Waals surface area contributed by atoms with Crippen LogP contribution in [0.4, 0.5) is 0 Å². The fraction of sp³-hybridized carbons (Fsp3) is 0.250. The number of hydrogen-bond acceptors (Lipinski definition) is 3. The van der Waals surface area contributed by atoms with Gasteiger partial charge in [0, 0.05) is 53.7 Å². The van der Waals surface area contributed by atoms with Gasteiger partial charge in [0.2, 0.25) is 5.91 Å². The van der Waals surface area contributed by atoms with Crippen molar-refractivity contribution in [2.24, 2.45) is 0 Å². The van der Waals surface area contributed by atoms with Gasteiger partial charge < -0.3 is 4.90 Å². The summed E-state index contributed by atoms with van der Waals surface area (Å²) in [6, 6.07) is 11.4. The van der Waals surface area contributed by atoms with Crippen molar-refractivity contribution in [1.29, 1.82) is 0 Å². The van der Waals surface area contributed by atoms with Crippen LogP contribution in [0.3, 0.4) is 0 Å². The molecule has 0 saturated heterocycles. The van der Waals surface area contributed by atoms with Gasteiger partial charge >= 0.3 is 0 Å². The van der Waals surface area contributed by atoms with Crippen molar-refractivity contribution in [3.63, 3.8) is 0 Å². The van der Waals surface area contributed by atoms with Gasteiger partial charge in [0.1, 0.15) is 0 Å². The Morgan fingerprint density at radius 3 is 2.81 bits per heavy atom. The van der Waals surface area contributed by atoms with Gasteiger partial charge in [-0.1, -0.05) is 29.8 Å². The summed E-state index contributed by atoms with van der Waals surface area (Å²) in [5, 5.41) is 8.26. The molecular weight excluding hydrogens is 348 g/mol. The summed E-state index contributed by atoms with van der Waals surface area (Å²) in [4.78, 5) is 18.8. The number of fused-ring (bicyclic) bond motifs is 1. The monoisotopic (exact) mass is 366 g/mol. The third kappa shape index (κ3) is 3.35. The maximum Gasteiger partial charge on any atom is 0.227 e. The second-order valence-electron chi connectivity index (χ2n) is 6.42. The van der Waals surface area contributed by atoms with E-state index >= 15 is 0 Å². The number of nitrogens with zero attached hydrogens (tertiary/aromatic N) is 3. The van der Waals surface area contributed by atoms with Crippen LogP contribution in [-0.2, 0) is 24.1 Å². The quantitative estimate of drug-likeness (QED) is 0.773. The Labute approximate surface area is 157 Å². The number of aromatic amines is 1. The average Bonchev–Trinajstić information content (AvgIpc) is 2.95. The highest BCUT2D eigenvalue weighted by Crippen LogP contribution is 2.26. The zero-order chi connectivity index (χ0) is 17.9. The van der Waals surface area contributed by atoms with Crippen LogP contribution >= 0.6 is 11.6 Å². The van der Waals surface area contributed by atoms with Crippen molar-refractivity contribution in [3.8, 4) is 11.3 Å². The summed E-state index contributed by atoms with van der Waals surface area (Å²) in [6.07, 6.45) is 5.47. The minimum absolute atomic E-state index is 0.110. The summed E-state index contributed by atoms with van der Waals surface area (Å²) < 4.78 is 0. The fourth-order valence-corrected chi connectivity index (χ4v) is 3.59. The molecule has 0 atom stereocenters. The Morgan fingerprint density at radius 1 is 1.15 bits per heavy atom. The van der Waals surface area contributed by atoms with Gasteiger partial charge in [-0.05, 0) is 30.2 Å². The molecule has 0 fully saturated rings. The van der Waals surface area contributed by atoms with Gasteiger partial charge in [-0.25, -0.2) is 0 Å². The molecule has 5 nitrogen and oxygen atoms in total. The standard InChI is InChI=1S/C20H19ClN4O/c21-17-6-2-1-4-14(17)12-19(26)25-10-7-16-18(8-11-25)23-24-20(16)15-5-3-9-22-13-15/h1-6,9,13H,7-8,10-12H2,(H,23,24). The summed E-state index contributed by atoms with van der Waals surface area (Å²) >= 11 is 6.19. The van der Waals surface area contributed by atoms with Crippen LogP contribution in [0, 0.1) is 0 Å². The van der Waals surface area contributed by atoms with E-state index < -0.39 is 0 Å². The summed E-state index contributed by atoms with van der Waals surface area (Å²) in [5.74, 6) is 0.110. The lowest BCUT2D eigenvalue weighted by Crippen LogP contribution is -2.34. The number of rotatable bonds is 3. The SMILES string of the molecule is O=C(Cc1ccccc1Cl)N1CCc2[nH]nc(-c3cccnc3)c2CC1. The summed E-state index contributed by atoms with van der Waals surface area (Å²) in [7, 11) is 0. The lowest BCUT2D eigenvalue weighted by Gasteiger charge is -2.20. The second kappa shape index (κ2) is 7.30. The van der Waals surface area contributed by atoms with E-state index in [1.807, 2.05) is 47.5 Å². The maximum absolute atomic E-state index is 12.7. The molecule has 1 amide bonds. The lowest BCUT2D eigenvalue weighted by molar-refractivity contribution is -0.130. The first-order valence-corrected chi connectivity index (χ1v) is 9.08. The molecule has 1 aromatic carbocycles. The van der Waals surface area contributed by atoms with E-state index in [0.29, 0.717) is 24.5 Å². The van der Waals surface area contributed by atoms with Crippen LogP contribution in [0.1, 0.15) is 16.8 Å². The van der Waals surface area contributed by atoms with E-state index in [4.69, 9.17) is 11.6 Å². The molecule has 6 heteroatoms. The topological polar surface area (TPSA) is 61.9 Å². The number of nitrogens with one attached hydrogen (secondary N) is 1. The van der Waals surface area contributed by atoms with E-state index in [1.165, 1.54) is 5.56 Å². The van der Waals surface area contributed by atoms with Crippen molar-refractivity contribution in [2.45, 2.75) is 19.3 Å². The van der Waals surface area contributed by atoms with Gasteiger partial charge in [0.05, 0.1) is 12.1 Å². The van der Waals surface area contributed by atoms with Crippen LogP contribution < -0.4 is 0 Å². The minimum atomic E-state index is 0.110. The third-order valence-electron chi connectivity index (χ3n) is 4.80. The molecule has 0 bridgehead atoms. The first-order valence-electron chi connectivity index (χ1n) is 8.70. The molecule has 0 saturated carbocycles. The van der Waals surface area contributed by atoms with Crippen LogP contribution in [0.15, 0.2) is 48.8 Å². The molecule has 2 aromatic heterocycles. The Kier molecular flexibility index (Phi) is 4.71. The van der Waals surface area contributed by atoms with Gasteiger partial charge in [-0.2, -0.15) is 5.10 Å². The number of H-pyrrole nitrogens is 1. The number of carbonyl (C=O) groups excluding carboxylic acids is 1. The number of carbonyl (C=O) groups is 1. The molecule has 1 aliphatic heterocycles. The van der Waals surface area contributed by atoms with Crippen molar-refractivity contribution in [3.05, 3.63) is 70.6 Å². The highest BCUT2D eigenvalue weighted by molar-refractivity contribution is 6.31. The third-order valence-corrected chi connectivity index (χ3v) is 5.17. The van der Waals surface area contributed by atoms with Crippen LogP contribution in [-0.4, -0.2) is 39.1 Å². The smallest absolute Gasteiger partial charge is 0.227 e. The van der Waals surface area contributed by atoms with E-state index in [9.17, 15) is 4.79 Å². The molecule has 0 radical (unpaired) electrons. The number of hydrogen-bond donors (Lipinski definition) is 1. The molecule has 0 aliphatic carbocycles. The second-order valence-corrected chi connectivity index (χ2v) is 6.83. The molecule has 0 unspecified atom stereocenters. The molecule has 4 rings (SSSR count). The number of halogens is 1. The van der Waals surface area contributed by atoms with Crippen LogP contribution in [0.25, 0.3) is 11.3 Å². The van der Waals surface area contributed by atoms with Crippen molar-refractivity contribution in [1.82, 2.24) is 20.1 Å². The van der Waals surface area contributed by atoms with E-state index in [0.717, 1.165) is 35.4 Å². The van der Waals surface area contributed by atoms with E-state index in [1.54, 1.807) is 6.20 Å². The fourth-order valence-electron chi connectivity index (χ4n) is 3.39. The van der Waals surface area contributed by atoms with Crippen molar-refractivity contribution in [2.75, 3.05) is 13.1 Å². The predicted octanol–water partition coefficient (Wildman–Crippen LogP) is 3.30. The maximum atomic E-state index is 12.7. The molecule has 26 heavy (non-hydrogen) atoms. The molecule has 1 N–H and O–H groups in total. The Bertz CT molecular complexity index is 923. The van der Waals surface area contributed by atoms with Gasteiger partial charge in [0.15, 0.2) is 0 Å². The van der Waals surface area contributed by atoms with Crippen LogP contribution in [0.5, 0.6) is 0 Å². The van der Waals surface area contributed by atoms with Crippen molar-refractivity contribution >= 4 is 17.5 Å². The molecule has 0 spiro atoms.